The molecule has 1 saturated heterocycles. The fourth-order valence-corrected chi connectivity index (χ4v) is 3.71. The van der Waals surface area contributed by atoms with E-state index < -0.39 is 0 Å². The Morgan fingerprint density at radius 1 is 1.33 bits per heavy atom. The molecule has 2 aliphatic rings. The first kappa shape index (κ1) is 12.0. The summed E-state index contributed by atoms with van der Waals surface area (Å²) in [6, 6.07) is 1.93. The number of ether oxygens (including phenoxy) is 1. The molecule has 2 heterocycles. The van der Waals surface area contributed by atoms with Crippen LogP contribution in [0.2, 0.25) is 0 Å². The van der Waals surface area contributed by atoms with Crippen LogP contribution in [-0.2, 0) is 0 Å². The van der Waals surface area contributed by atoms with Crippen molar-refractivity contribution in [3.05, 3.63) is 11.6 Å². The van der Waals surface area contributed by atoms with Crippen LogP contribution in [0, 0.1) is 6.92 Å². The Morgan fingerprint density at radius 3 is 2.78 bits per heavy atom. The highest BCUT2D eigenvalue weighted by molar-refractivity contribution is 7.99. The van der Waals surface area contributed by atoms with Gasteiger partial charge in [0.15, 0.2) is 12.0 Å². The second-order valence-electron chi connectivity index (χ2n) is 4.98. The maximum Gasteiger partial charge on any atom is 0.162 e. The summed E-state index contributed by atoms with van der Waals surface area (Å²) in [5.41, 5.74) is 14.7. The van der Waals surface area contributed by atoms with Gasteiger partial charge < -0.3 is 16.2 Å². The smallest absolute Gasteiger partial charge is 0.162 e. The molecule has 0 aromatic heterocycles. The lowest BCUT2D eigenvalue weighted by atomic mass is 10.1. The normalized spacial score (nSPS) is 23.7. The zero-order valence-electron chi connectivity index (χ0n) is 10.6. The number of rotatable bonds is 1. The Morgan fingerprint density at radius 2 is 2.06 bits per heavy atom. The van der Waals surface area contributed by atoms with Crippen molar-refractivity contribution in [2.75, 3.05) is 30.3 Å². The molecule has 18 heavy (non-hydrogen) atoms. The lowest BCUT2D eigenvalue weighted by Crippen LogP contribution is -2.41. The quantitative estimate of drug-likeness (QED) is 0.761. The minimum absolute atomic E-state index is 0.147. The van der Waals surface area contributed by atoms with E-state index in [1.54, 1.807) is 11.8 Å². The topological polar surface area (TPSA) is 64.5 Å². The zero-order chi connectivity index (χ0) is 12.7. The molecule has 0 saturated carbocycles. The fraction of sp³-hybridized carbons (Fsp3) is 0.538. The Bertz CT molecular complexity index is 472. The van der Waals surface area contributed by atoms with E-state index in [0.717, 1.165) is 46.4 Å². The third kappa shape index (κ3) is 1.91. The molecule has 98 valence electrons. The summed E-state index contributed by atoms with van der Waals surface area (Å²) >= 11 is 1.76. The number of anilines is 2. The van der Waals surface area contributed by atoms with Crippen LogP contribution >= 0.6 is 11.8 Å². The van der Waals surface area contributed by atoms with Crippen molar-refractivity contribution in [2.24, 2.45) is 0 Å². The van der Waals surface area contributed by atoms with E-state index >= 15 is 0 Å². The van der Waals surface area contributed by atoms with Crippen molar-refractivity contribution >= 4 is 23.1 Å². The number of nitrogens with zero attached hydrogens (tertiary/aromatic N) is 1. The molecule has 1 aromatic rings. The van der Waals surface area contributed by atoms with Crippen LogP contribution in [0.25, 0.3) is 0 Å². The second kappa shape index (κ2) is 4.55. The van der Waals surface area contributed by atoms with E-state index in [4.69, 9.17) is 16.2 Å². The van der Waals surface area contributed by atoms with Crippen molar-refractivity contribution in [2.45, 2.75) is 30.9 Å². The number of likely N-dealkylation sites (tertiary alicyclic amines) is 1. The minimum atomic E-state index is 0.147. The first-order chi connectivity index (χ1) is 8.66. The van der Waals surface area contributed by atoms with Gasteiger partial charge in [0.25, 0.3) is 0 Å². The van der Waals surface area contributed by atoms with Gasteiger partial charge in [0.05, 0.1) is 10.6 Å². The van der Waals surface area contributed by atoms with Gasteiger partial charge >= 0.3 is 0 Å². The number of hydrogen-bond donors (Lipinski definition) is 2. The first-order valence-electron chi connectivity index (χ1n) is 6.39. The molecular formula is C13H19N3OS. The van der Waals surface area contributed by atoms with Gasteiger partial charge in [-0.25, -0.2) is 0 Å². The van der Waals surface area contributed by atoms with E-state index in [1.165, 1.54) is 12.8 Å². The molecule has 3 rings (SSSR count). The molecule has 1 unspecified atom stereocenters. The summed E-state index contributed by atoms with van der Waals surface area (Å²) in [6.45, 7) is 4.23. The predicted molar refractivity (Wildman–Crippen MR) is 76.0 cm³/mol. The lowest BCUT2D eigenvalue weighted by Gasteiger charge is -2.33. The van der Waals surface area contributed by atoms with Gasteiger partial charge in [0, 0.05) is 24.5 Å². The van der Waals surface area contributed by atoms with E-state index in [-0.39, 0.29) is 6.23 Å². The van der Waals surface area contributed by atoms with Crippen LogP contribution in [0.3, 0.4) is 0 Å². The monoisotopic (exact) mass is 265 g/mol. The molecule has 1 aromatic carbocycles. The molecule has 0 bridgehead atoms. The minimum Gasteiger partial charge on any atom is -0.471 e. The third-order valence-corrected chi connectivity index (χ3v) is 4.84. The van der Waals surface area contributed by atoms with Crippen LogP contribution < -0.4 is 16.2 Å². The number of thioether (sulfide) groups is 1. The molecule has 5 heteroatoms. The highest BCUT2D eigenvalue weighted by Gasteiger charge is 2.30. The lowest BCUT2D eigenvalue weighted by molar-refractivity contribution is 0.0584. The predicted octanol–water partition coefficient (Wildman–Crippen LogP) is 2.07. The molecule has 1 atom stereocenters. The fourth-order valence-electron chi connectivity index (χ4n) is 2.61. The van der Waals surface area contributed by atoms with Gasteiger partial charge in [-0.2, -0.15) is 0 Å². The van der Waals surface area contributed by atoms with Crippen molar-refractivity contribution in [1.29, 1.82) is 0 Å². The Balaban J connectivity index is 1.91. The number of aryl methyl sites for hydroxylation is 1. The summed E-state index contributed by atoms with van der Waals surface area (Å²) in [6.07, 6.45) is 2.68. The molecule has 0 spiro atoms. The van der Waals surface area contributed by atoms with Gasteiger partial charge in [-0.05, 0) is 31.4 Å². The molecule has 0 aliphatic carbocycles. The Kier molecular flexibility index (Phi) is 3.03. The molecule has 4 N–H and O–H groups in total. The SMILES string of the molecule is Cc1cc(N)c2c(c1N)OC(N1CCCC1)CS2. The van der Waals surface area contributed by atoms with E-state index in [9.17, 15) is 0 Å². The third-order valence-electron chi connectivity index (χ3n) is 3.68. The molecular weight excluding hydrogens is 246 g/mol. The van der Waals surface area contributed by atoms with Crippen LogP contribution in [0.1, 0.15) is 18.4 Å². The van der Waals surface area contributed by atoms with Gasteiger partial charge in [0.1, 0.15) is 0 Å². The maximum absolute atomic E-state index is 6.12. The van der Waals surface area contributed by atoms with Gasteiger partial charge in [-0.1, -0.05) is 0 Å². The van der Waals surface area contributed by atoms with Crippen LogP contribution in [0.4, 0.5) is 11.4 Å². The van der Waals surface area contributed by atoms with Crippen LogP contribution in [0.15, 0.2) is 11.0 Å². The highest BCUT2D eigenvalue weighted by Crippen LogP contribution is 2.45. The second-order valence-corrected chi connectivity index (χ2v) is 6.01. The summed E-state index contributed by atoms with van der Waals surface area (Å²) in [5, 5.41) is 0. The Hall–Kier alpha value is -1.07. The number of nitrogen functional groups attached to an aromatic ring is 2. The largest absolute Gasteiger partial charge is 0.471 e. The van der Waals surface area contributed by atoms with Gasteiger partial charge in [-0.3, -0.25) is 4.90 Å². The number of hydrogen-bond acceptors (Lipinski definition) is 5. The van der Waals surface area contributed by atoms with E-state index in [2.05, 4.69) is 4.90 Å². The molecule has 2 aliphatic heterocycles. The van der Waals surface area contributed by atoms with Crippen molar-refractivity contribution in [1.82, 2.24) is 4.90 Å². The molecule has 0 radical (unpaired) electrons. The van der Waals surface area contributed by atoms with E-state index in [1.807, 2.05) is 13.0 Å². The summed E-state index contributed by atoms with van der Waals surface area (Å²) in [7, 11) is 0. The summed E-state index contributed by atoms with van der Waals surface area (Å²) < 4.78 is 6.11. The number of fused-ring (bicyclic) bond motifs is 1. The average molecular weight is 265 g/mol. The summed E-state index contributed by atoms with van der Waals surface area (Å²) in [5.74, 6) is 1.72. The van der Waals surface area contributed by atoms with Gasteiger partial charge in [0.2, 0.25) is 0 Å². The first-order valence-corrected chi connectivity index (χ1v) is 7.37. The standard InChI is InChI=1S/C13H19N3OS/c1-8-6-9(14)13-12(11(8)15)17-10(7-18-13)16-4-2-3-5-16/h6,10H,2-5,7,14-15H2,1H3. The Labute approximate surface area is 112 Å². The van der Waals surface area contributed by atoms with E-state index in [0.29, 0.717) is 0 Å². The van der Waals surface area contributed by atoms with Crippen molar-refractivity contribution < 1.29 is 4.74 Å². The van der Waals surface area contributed by atoms with Gasteiger partial charge in [-0.15, -0.1) is 11.8 Å². The zero-order valence-corrected chi connectivity index (χ0v) is 11.4. The van der Waals surface area contributed by atoms with Crippen molar-refractivity contribution in [3.8, 4) is 5.75 Å². The summed E-state index contributed by atoms with van der Waals surface area (Å²) in [4.78, 5) is 3.40. The van der Waals surface area contributed by atoms with Crippen molar-refractivity contribution in [3.63, 3.8) is 0 Å². The maximum atomic E-state index is 6.12. The number of nitrogens with two attached hydrogens (primary N) is 2. The highest BCUT2D eigenvalue weighted by atomic mass is 32.2. The molecule has 1 fully saturated rings. The number of benzene rings is 1. The van der Waals surface area contributed by atoms with Crippen LogP contribution in [0.5, 0.6) is 5.75 Å². The van der Waals surface area contributed by atoms with Crippen LogP contribution in [-0.4, -0.2) is 30.0 Å². The molecule has 0 amide bonds. The average Bonchev–Trinajstić information content (AvgIpc) is 2.89. The molecule has 4 nitrogen and oxygen atoms in total.